The Labute approximate surface area is 177 Å². The van der Waals surface area contributed by atoms with Crippen molar-refractivity contribution in [2.45, 2.75) is 52.0 Å². The van der Waals surface area contributed by atoms with E-state index in [1.54, 1.807) is 18.4 Å². The third-order valence-corrected chi connectivity index (χ3v) is 6.80. The van der Waals surface area contributed by atoms with Crippen molar-refractivity contribution >= 4 is 33.2 Å². The van der Waals surface area contributed by atoms with Crippen molar-refractivity contribution in [2.75, 3.05) is 26.8 Å². The van der Waals surface area contributed by atoms with Gasteiger partial charge in [-0.1, -0.05) is 44.9 Å². The first-order valence-electron chi connectivity index (χ1n) is 10.6. The molecule has 2 aromatic rings. The van der Waals surface area contributed by atoms with Crippen LogP contribution in [0.15, 0.2) is 24.3 Å². The summed E-state index contributed by atoms with van der Waals surface area (Å²) in [5.41, 5.74) is 1.08. The summed E-state index contributed by atoms with van der Waals surface area (Å²) >= 11 is 1.54. The van der Waals surface area contributed by atoms with Crippen molar-refractivity contribution in [3.63, 3.8) is 0 Å². The number of rotatable bonds is 7. The Bertz CT molecular complexity index is 846. The van der Waals surface area contributed by atoms with Gasteiger partial charge >= 0.3 is 0 Å². The van der Waals surface area contributed by atoms with Gasteiger partial charge in [0.15, 0.2) is 0 Å². The van der Waals surface area contributed by atoms with Gasteiger partial charge in [0.05, 0.1) is 11.5 Å². The highest BCUT2D eigenvalue weighted by atomic mass is 32.1. The maximum Gasteiger partial charge on any atom is 0.261 e. The molecule has 1 aliphatic rings. The molecule has 6 heteroatoms. The van der Waals surface area contributed by atoms with E-state index in [1.807, 2.05) is 26.0 Å². The number of hydrogen-bond acceptors (Lipinski definition) is 4. The van der Waals surface area contributed by atoms with E-state index in [9.17, 15) is 9.59 Å². The molecule has 0 radical (unpaired) electrons. The summed E-state index contributed by atoms with van der Waals surface area (Å²) < 4.78 is 6.18. The second-order valence-corrected chi connectivity index (χ2v) is 9.10. The van der Waals surface area contributed by atoms with Gasteiger partial charge in [0.25, 0.3) is 5.91 Å². The fourth-order valence-corrected chi connectivity index (χ4v) is 5.23. The van der Waals surface area contributed by atoms with Crippen molar-refractivity contribution in [3.8, 4) is 0 Å². The molecule has 2 amide bonds. The zero-order valence-corrected chi connectivity index (χ0v) is 18.5. The number of ether oxygens (including phenoxy) is 1. The summed E-state index contributed by atoms with van der Waals surface area (Å²) in [5.74, 6) is 0.169. The zero-order valence-electron chi connectivity index (χ0n) is 17.7. The van der Waals surface area contributed by atoms with E-state index < -0.39 is 0 Å². The zero-order chi connectivity index (χ0) is 20.8. The van der Waals surface area contributed by atoms with Crippen molar-refractivity contribution < 1.29 is 14.3 Å². The molecule has 5 nitrogen and oxygen atoms in total. The Hall–Kier alpha value is -1.92. The summed E-state index contributed by atoms with van der Waals surface area (Å²) in [6.07, 6.45) is 5.07. The third kappa shape index (κ3) is 5.17. The molecule has 1 aromatic heterocycles. The van der Waals surface area contributed by atoms with Crippen LogP contribution < -0.4 is 5.32 Å². The molecular formula is C23H32N2O3S. The Morgan fingerprint density at radius 2 is 2.03 bits per heavy atom. The Balaban J connectivity index is 1.93. The van der Waals surface area contributed by atoms with Gasteiger partial charge in [-0.3, -0.25) is 9.59 Å². The van der Waals surface area contributed by atoms with Gasteiger partial charge < -0.3 is 15.0 Å². The fourth-order valence-electron chi connectivity index (χ4n) is 4.08. The molecule has 1 atom stereocenters. The van der Waals surface area contributed by atoms with Gasteiger partial charge in [0.1, 0.15) is 0 Å². The largest absolute Gasteiger partial charge is 0.383 e. The van der Waals surface area contributed by atoms with Crippen molar-refractivity contribution in [2.24, 2.45) is 5.92 Å². The van der Waals surface area contributed by atoms with Crippen LogP contribution in [0.1, 0.15) is 54.8 Å². The van der Waals surface area contributed by atoms with E-state index in [4.69, 9.17) is 4.74 Å². The van der Waals surface area contributed by atoms with Crippen LogP contribution in [0.3, 0.4) is 0 Å². The highest BCUT2D eigenvalue weighted by Gasteiger charge is 2.29. The molecule has 1 fully saturated rings. The molecule has 0 saturated carbocycles. The minimum Gasteiger partial charge on any atom is -0.383 e. The van der Waals surface area contributed by atoms with E-state index in [0.29, 0.717) is 13.2 Å². The van der Waals surface area contributed by atoms with Crippen LogP contribution in [0.5, 0.6) is 0 Å². The molecule has 1 saturated heterocycles. The van der Waals surface area contributed by atoms with Crippen LogP contribution in [0, 0.1) is 5.92 Å². The third-order valence-electron chi connectivity index (χ3n) is 5.59. The first-order chi connectivity index (χ1) is 14.0. The number of likely N-dealkylation sites (tertiary alicyclic amines) is 1. The predicted molar refractivity (Wildman–Crippen MR) is 119 cm³/mol. The molecule has 1 N–H and O–H groups in total. The minimum atomic E-state index is -0.0476. The summed E-state index contributed by atoms with van der Waals surface area (Å²) in [4.78, 5) is 28.6. The minimum absolute atomic E-state index is 0.00775. The van der Waals surface area contributed by atoms with Gasteiger partial charge in [-0.2, -0.15) is 0 Å². The molecule has 3 rings (SSSR count). The van der Waals surface area contributed by atoms with Gasteiger partial charge in [0.2, 0.25) is 5.91 Å². The Morgan fingerprint density at radius 3 is 2.79 bits per heavy atom. The number of carbonyl (C=O) groups excluding carboxylic acids is 2. The lowest BCUT2D eigenvalue weighted by atomic mass is 9.97. The Kier molecular flexibility index (Phi) is 7.67. The van der Waals surface area contributed by atoms with E-state index in [-0.39, 0.29) is 23.8 Å². The second-order valence-electron chi connectivity index (χ2n) is 8.05. The van der Waals surface area contributed by atoms with E-state index in [2.05, 4.69) is 22.3 Å². The maximum absolute atomic E-state index is 12.9. The average Bonchev–Trinajstić information content (AvgIpc) is 2.91. The van der Waals surface area contributed by atoms with E-state index >= 15 is 0 Å². The standard InChI is InChI=1S/C23H32N2O3S/c1-16(2)23(27)25-13-8-4-5-9-17(25)15-19-18-10-6-7-11-20(18)29-21(19)22(26)24-12-14-28-3/h6-7,10-11,16-17H,4-5,8-9,12-15H2,1-3H3,(H,24,26). The molecular weight excluding hydrogens is 384 g/mol. The van der Waals surface area contributed by atoms with Crippen LogP contribution >= 0.6 is 11.3 Å². The van der Waals surface area contributed by atoms with E-state index in [0.717, 1.165) is 59.2 Å². The first-order valence-corrected chi connectivity index (χ1v) is 11.4. The number of thiophene rings is 1. The number of nitrogens with zero attached hydrogens (tertiary/aromatic N) is 1. The lowest BCUT2D eigenvalue weighted by Gasteiger charge is -2.32. The Morgan fingerprint density at radius 1 is 1.24 bits per heavy atom. The quantitative estimate of drug-likeness (QED) is 0.687. The molecule has 0 bridgehead atoms. The molecule has 1 aliphatic heterocycles. The number of carbonyl (C=O) groups is 2. The molecule has 0 aliphatic carbocycles. The predicted octanol–water partition coefficient (Wildman–Crippen LogP) is 4.25. The van der Waals surface area contributed by atoms with Crippen LogP contribution in [-0.2, 0) is 16.0 Å². The first kappa shape index (κ1) is 21.8. The van der Waals surface area contributed by atoms with Crippen molar-refractivity contribution in [1.29, 1.82) is 0 Å². The van der Waals surface area contributed by atoms with Gasteiger partial charge in [-0.15, -0.1) is 11.3 Å². The summed E-state index contributed by atoms with van der Waals surface area (Å²) in [7, 11) is 1.63. The monoisotopic (exact) mass is 416 g/mol. The average molecular weight is 417 g/mol. The molecule has 0 spiro atoms. The van der Waals surface area contributed by atoms with Crippen LogP contribution in [0.2, 0.25) is 0 Å². The topological polar surface area (TPSA) is 58.6 Å². The molecule has 29 heavy (non-hydrogen) atoms. The SMILES string of the molecule is COCCNC(=O)c1sc2ccccc2c1CC1CCCCCN1C(=O)C(C)C. The number of amides is 2. The molecule has 1 aromatic carbocycles. The fraction of sp³-hybridized carbons (Fsp3) is 0.565. The number of methoxy groups -OCH3 is 1. The van der Waals surface area contributed by atoms with Crippen LogP contribution in [0.25, 0.3) is 10.1 Å². The number of hydrogen-bond donors (Lipinski definition) is 1. The van der Waals surface area contributed by atoms with Crippen molar-refractivity contribution in [1.82, 2.24) is 10.2 Å². The number of benzene rings is 1. The van der Waals surface area contributed by atoms with Crippen LogP contribution in [-0.4, -0.2) is 49.6 Å². The molecule has 1 unspecified atom stereocenters. The maximum atomic E-state index is 12.9. The smallest absolute Gasteiger partial charge is 0.261 e. The van der Waals surface area contributed by atoms with Gasteiger partial charge in [-0.05, 0) is 36.3 Å². The second kappa shape index (κ2) is 10.2. The summed E-state index contributed by atoms with van der Waals surface area (Å²) in [6, 6.07) is 8.35. The van der Waals surface area contributed by atoms with Gasteiger partial charge in [-0.25, -0.2) is 0 Å². The normalized spacial score (nSPS) is 17.5. The summed E-state index contributed by atoms with van der Waals surface area (Å²) in [6.45, 7) is 5.74. The van der Waals surface area contributed by atoms with E-state index in [1.165, 1.54) is 0 Å². The highest BCUT2D eigenvalue weighted by Crippen LogP contribution is 2.34. The summed E-state index contributed by atoms with van der Waals surface area (Å²) in [5, 5.41) is 4.10. The molecule has 2 heterocycles. The number of nitrogens with one attached hydrogen (secondary N) is 1. The lowest BCUT2D eigenvalue weighted by Crippen LogP contribution is -2.43. The number of fused-ring (bicyclic) bond motifs is 1. The van der Waals surface area contributed by atoms with Crippen LogP contribution in [0.4, 0.5) is 0 Å². The molecule has 158 valence electrons. The van der Waals surface area contributed by atoms with Crippen molar-refractivity contribution in [3.05, 3.63) is 34.7 Å². The lowest BCUT2D eigenvalue weighted by molar-refractivity contribution is -0.136. The highest BCUT2D eigenvalue weighted by molar-refractivity contribution is 7.21. The van der Waals surface area contributed by atoms with Gasteiger partial charge in [0, 0.05) is 36.9 Å².